The molecular weight excluding hydrogens is 244 g/mol. The highest BCUT2D eigenvalue weighted by atomic mass is 16.2. The molecule has 2 N–H and O–H groups in total. The first-order valence-corrected chi connectivity index (χ1v) is 5.99. The van der Waals surface area contributed by atoms with Crippen LogP contribution in [0.25, 0.3) is 0 Å². The standard InChI is InChI=1S/C14H14N2O3/c1-3-10-11(15-14(19)16-13(10)18)12(17)9-6-4-5-8(2)7-9/h4-7H,3H2,1-2H3,(H2,15,16,18,19). The Hall–Kier alpha value is -2.43. The molecule has 0 bridgehead atoms. The monoisotopic (exact) mass is 258 g/mol. The van der Waals surface area contributed by atoms with E-state index in [4.69, 9.17) is 0 Å². The van der Waals surface area contributed by atoms with E-state index in [0.29, 0.717) is 17.5 Å². The first kappa shape index (κ1) is 13.0. The van der Waals surface area contributed by atoms with E-state index in [9.17, 15) is 14.4 Å². The molecule has 0 saturated carbocycles. The maximum Gasteiger partial charge on any atom is 0.326 e. The summed E-state index contributed by atoms with van der Waals surface area (Å²) in [5, 5.41) is 0. The van der Waals surface area contributed by atoms with Gasteiger partial charge in [0.1, 0.15) is 0 Å². The predicted octanol–water partition coefficient (Wildman–Crippen LogP) is 1.17. The van der Waals surface area contributed by atoms with Crippen LogP contribution in [0.1, 0.15) is 34.1 Å². The largest absolute Gasteiger partial charge is 0.326 e. The zero-order valence-corrected chi connectivity index (χ0v) is 10.7. The molecule has 0 spiro atoms. The first-order chi connectivity index (χ1) is 9.02. The van der Waals surface area contributed by atoms with E-state index >= 15 is 0 Å². The SMILES string of the molecule is CCc1c(C(=O)c2cccc(C)c2)[nH]c(=O)[nH]c1=O. The summed E-state index contributed by atoms with van der Waals surface area (Å²) in [4.78, 5) is 39.9. The number of aryl methyl sites for hydroxylation is 1. The fourth-order valence-electron chi connectivity index (χ4n) is 1.97. The van der Waals surface area contributed by atoms with Crippen LogP contribution in [0.2, 0.25) is 0 Å². The number of carbonyl (C=O) groups is 1. The molecule has 1 heterocycles. The van der Waals surface area contributed by atoms with Gasteiger partial charge in [0, 0.05) is 11.1 Å². The summed E-state index contributed by atoms with van der Waals surface area (Å²) in [6, 6.07) is 7.02. The van der Waals surface area contributed by atoms with Crippen molar-refractivity contribution in [1.29, 1.82) is 0 Å². The summed E-state index contributed by atoms with van der Waals surface area (Å²) in [6.07, 6.45) is 0.374. The van der Waals surface area contributed by atoms with Crippen LogP contribution < -0.4 is 11.2 Å². The Morgan fingerprint density at radius 3 is 2.58 bits per heavy atom. The Morgan fingerprint density at radius 2 is 1.95 bits per heavy atom. The predicted molar refractivity (Wildman–Crippen MR) is 71.7 cm³/mol. The maximum absolute atomic E-state index is 12.4. The highest BCUT2D eigenvalue weighted by molar-refractivity contribution is 6.08. The summed E-state index contributed by atoms with van der Waals surface area (Å²) in [6.45, 7) is 3.63. The molecule has 0 amide bonds. The molecule has 0 atom stereocenters. The van der Waals surface area contributed by atoms with Crippen molar-refractivity contribution in [2.45, 2.75) is 20.3 Å². The zero-order valence-electron chi connectivity index (χ0n) is 10.7. The molecule has 2 aromatic rings. The third-order valence-corrected chi connectivity index (χ3v) is 2.90. The minimum atomic E-state index is -0.668. The van der Waals surface area contributed by atoms with Crippen molar-refractivity contribution in [3.8, 4) is 0 Å². The molecule has 0 aliphatic carbocycles. The quantitative estimate of drug-likeness (QED) is 0.810. The van der Waals surface area contributed by atoms with Gasteiger partial charge < -0.3 is 4.98 Å². The molecular formula is C14H14N2O3. The average Bonchev–Trinajstić information content (AvgIpc) is 2.37. The molecule has 0 aliphatic rings. The number of carbonyl (C=O) groups excluding carboxylic acids is 1. The van der Waals surface area contributed by atoms with Gasteiger partial charge in [-0.3, -0.25) is 14.6 Å². The molecule has 0 unspecified atom stereocenters. The molecule has 19 heavy (non-hydrogen) atoms. The number of hydrogen-bond donors (Lipinski definition) is 2. The lowest BCUT2D eigenvalue weighted by molar-refractivity contribution is 0.103. The van der Waals surface area contributed by atoms with E-state index in [1.54, 1.807) is 25.1 Å². The van der Waals surface area contributed by atoms with E-state index in [-0.39, 0.29) is 11.5 Å². The fourth-order valence-corrected chi connectivity index (χ4v) is 1.97. The minimum absolute atomic E-state index is 0.0712. The maximum atomic E-state index is 12.4. The normalized spacial score (nSPS) is 10.4. The van der Waals surface area contributed by atoms with Gasteiger partial charge in [0.05, 0.1) is 5.69 Å². The van der Waals surface area contributed by atoms with Crippen LogP contribution in [0, 0.1) is 6.92 Å². The average molecular weight is 258 g/mol. The minimum Gasteiger partial charge on any atom is -0.304 e. The van der Waals surface area contributed by atoms with Gasteiger partial charge in [0.2, 0.25) is 5.78 Å². The van der Waals surface area contributed by atoms with Gasteiger partial charge in [-0.1, -0.05) is 30.7 Å². The lowest BCUT2D eigenvalue weighted by Gasteiger charge is -2.06. The van der Waals surface area contributed by atoms with E-state index in [1.165, 1.54) is 0 Å². The Morgan fingerprint density at radius 1 is 1.21 bits per heavy atom. The summed E-state index contributed by atoms with van der Waals surface area (Å²) in [7, 11) is 0. The number of aromatic nitrogens is 2. The van der Waals surface area contributed by atoms with Crippen LogP contribution >= 0.6 is 0 Å². The molecule has 0 aliphatic heterocycles. The molecule has 1 aromatic heterocycles. The third-order valence-electron chi connectivity index (χ3n) is 2.90. The number of benzene rings is 1. The van der Waals surface area contributed by atoms with Gasteiger partial charge in [-0.2, -0.15) is 0 Å². The van der Waals surface area contributed by atoms with Gasteiger partial charge in [-0.05, 0) is 19.4 Å². The van der Waals surface area contributed by atoms with E-state index < -0.39 is 11.2 Å². The second-order valence-corrected chi connectivity index (χ2v) is 4.31. The highest BCUT2D eigenvalue weighted by Gasteiger charge is 2.16. The number of nitrogens with one attached hydrogen (secondary N) is 2. The fraction of sp³-hybridized carbons (Fsp3) is 0.214. The van der Waals surface area contributed by atoms with Gasteiger partial charge in [-0.15, -0.1) is 0 Å². The number of H-pyrrole nitrogens is 2. The highest BCUT2D eigenvalue weighted by Crippen LogP contribution is 2.11. The van der Waals surface area contributed by atoms with Crippen molar-refractivity contribution in [2.75, 3.05) is 0 Å². The van der Waals surface area contributed by atoms with Crippen molar-refractivity contribution >= 4 is 5.78 Å². The lowest BCUT2D eigenvalue weighted by atomic mass is 10.0. The van der Waals surface area contributed by atoms with Gasteiger partial charge in [-0.25, -0.2) is 4.79 Å². The van der Waals surface area contributed by atoms with Crippen molar-refractivity contribution in [3.63, 3.8) is 0 Å². The van der Waals surface area contributed by atoms with Crippen molar-refractivity contribution in [2.24, 2.45) is 0 Å². The van der Waals surface area contributed by atoms with Crippen molar-refractivity contribution in [3.05, 3.63) is 67.5 Å². The van der Waals surface area contributed by atoms with Crippen LogP contribution in [0.3, 0.4) is 0 Å². The Kier molecular flexibility index (Phi) is 3.46. The van der Waals surface area contributed by atoms with Crippen LogP contribution in [0.4, 0.5) is 0 Å². The first-order valence-electron chi connectivity index (χ1n) is 5.99. The van der Waals surface area contributed by atoms with Crippen LogP contribution in [-0.2, 0) is 6.42 Å². The van der Waals surface area contributed by atoms with Gasteiger partial charge in [0.15, 0.2) is 0 Å². The van der Waals surface area contributed by atoms with Crippen LogP contribution in [-0.4, -0.2) is 15.8 Å². The topological polar surface area (TPSA) is 82.8 Å². The molecule has 1 aromatic carbocycles. The summed E-state index contributed by atoms with van der Waals surface area (Å²) in [5.74, 6) is -0.344. The van der Waals surface area contributed by atoms with E-state index in [0.717, 1.165) is 5.56 Å². The summed E-state index contributed by atoms with van der Waals surface area (Å²) in [5.41, 5.74) is 0.584. The molecule has 2 rings (SSSR count). The molecule has 0 saturated heterocycles. The second kappa shape index (κ2) is 5.06. The lowest BCUT2D eigenvalue weighted by Crippen LogP contribution is -2.29. The Bertz CT molecular complexity index is 741. The van der Waals surface area contributed by atoms with Gasteiger partial charge in [0.25, 0.3) is 5.56 Å². The molecule has 98 valence electrons. The molecule has 5 heteroatoms. The summed E-state index contributed by atoms with van der Waals surface area (Å²) < 4.78 is 0. The molecule has 0 fully saturated rings. The Balaban J connectivity index is 2.62. The smallest absolute Gasteiger partial charge is 0.304 e. The van der Waals surface area contributed by atoms with Crippen LogP contribution in [0.5, 0.6) is 0 Å². The van der Waals surface area contributed by atoms with Crippen molar-refractivity contribution < 1.29 is 4.79 Å². The van der Waals surface area contributed by atoms with E-state index in [1.807, 2.05) is 13.0 Å². The number of rotatable bonds is 3. The second-order valence-electron chi connectivity index (χ2n) is 4.31. The zero-order chi connectivity index (χ0) is 14.0. The summed E-state index contributed by atoms with van der Waals surface area (Å²) >= 11 is 0. The van der Waals surface area contributed by atoms with Gasteiger partial charge >= 0.3 is 5.69 Å². The number of hydrogen-bond acceptors (Lipinski definition) is 3. The van der Waals surface area contributed by atoms with Crippen molar-refractivity contribution in [1.82, 2.24) is 9.97 Å². The third kappa shape index (κ3) is 2.54. The Labute approximate surface area is 109 Å². The number of ketones is 1. The molecule has 0 radical (unpaired) electrons. The number of aromatic amines is 2. The van der Waals surface area contributed by atoms with Crippen LogP contribution in [0.15, 0.2) is 33.9 Å². The van der Waals surface area contributed by atoms with E-state index in [2.05, 4.69) is 9.97 Å². The molecule has 5 nitrogen and oxygen atoms in total.